The number of allylic oxidation sites excluding steroid dienone is 3. The molecule has 1 aromatic heterocycles. The number of ether oxygens (including phenoxy) is 1. The van der Waals surface area contributed by atoms with Crippen molar-refractivity contribution in [3.63, 3.8) is 0 Å². The first-order chi connectivity index (χ1) is 13.5. The smallest absolute Gasteiger partial charge is 0.451 e. The summed E-state index contributed by atoms with van der Waals surface area (Å²) in [5, 5.41) is 9.68. The van der Waals surface area contributed by atoms with Gasteiger partial charge in [-0.05, 0) is 44.6 Å². The Morgan fingerprint density at radius 2 is 1.86 bits per heavy atom. The van der Waals surface area contributed by atoms with Crippen LogP contribution >= 0.6 is 0 Å². The number of alkyl halides is 2. The number of benzene rings is 1. The van der Waals surface area contributed by atoms with Crippen molar-refractivity contribution in [2.24, 2.45) is 0 Å². The third kappa shape index (κ3) is 3.74. The first kappa shape index (κ1) is 19.6. The highest BCUT2D eigenvalue weighted by atomic mass is 19.3. The average Bonchev–Trinajstić information content (AvgIpc) is 2.70. The fourth-order valence-electron chi connectivity index (χ4n) is 3.25. The van der Waals surface area contributed by atoms with Crippen LogP contribution in [-0.2, 0) is 0 Å². The van der Waals surface area contributed by atoms with E-state index in [-0.39, 0.29) is 0 Å². The molecule has 0 unspecified atom stereocenters. The van der Waals surface area contributed by atoms with Crippen LogP contribution in [-0.4, -0.2) is 13.1 Å². The van der Waals surface area contributed by atoms with E-state index in [0.717, 1.165) is 34.5 Å². The summed E-state index contributed by atoms with van der Waals surface area (Å²) in [4.78, 5) is 2.21. The van der Waals surface area contributed by atoms with Crippen molar-refractivity contribution in [2.75, 3.05) is 18.0 Å². The predicted molar refractivity (Wildman–Crippen MR) is 105 cm³/mol. The quantitative estimate of drug-likeness (QED) is 0.543. The molecular weight excluding hydrogens is 360 g/mol. The summed E-state index contributed by atoms with van der Waals surface area (Å²) < 4.78 is 32.4. The van der Waals surface area contributed by atoms with E-state index < -0.39 is 6.55 Å². The van der Waals surface area contributed by atoms with Gasteiger partial charge in [0, 0.05) is 48.1 Å². The Balaban J connectivity index is 2.03. The van der Waals surface area contributed by atoms with E-state index in [4.69, 9.17) is 4.74 Å². The van der Waals surface area contributed by atoms with Gasteiger partial charge in [-0.3, -0.25) is 0 Å². The molecule has 2 heterocycles. The second-order valence-electron chi connectivity index (χ2n) is 6.44. The van der Waals surface area contributed by atoms with E-state index >= 15 is 0 Å². The number of rotatable bonds is 5. The number of halogens is 2. The Kier molecular flexibility index (Phi) is 5.74. The average molecular weight is 382 g/mol. The van der Waals surface area contributed by atoms with Crippen molar-refractivity contribution in [2.45, 2.75) is 27.3 Å². The molecule has 0 amide bonds. The largest absolute Gasteiger partial charge is 0.455 e. The molecule has 2 aromatic rings. The third-order valence-electron chi connectivity index (χ3n) is 4.81. The van der Waals surface area contributed by atoms with Gasteiger partial charge in [0.2, 0.25) is 0 Å². The maximum Gasteiger partial charge on any atom is 0.451 e. The van der Waals surface area contributed by atoms with Crippen LogP contribution in [0.2, 0.25) is 0 Å². The second kappa shape index (κ2) is 8.22. The topological polar surface area (TPSA) is 40.1 Å². The van der Waals surface area contributed by atoms with Gasteiger partial charge in [0.25, 0.3) is 0 Å². The first-order valence-corrected chi connectivity index (χ1v) is 9.17. The Labute approximate surface area is 163 Å². The number of hydrogen-bond donors (Lipinski definition) is 0. The summed E-state index contributed by atoms with van der Waals surface area (Å²) in [6.45, 7) is 5.29. The van der Waals surface area contributed by atoms with E-state index in [1.165, 1.54) is 24.5 Å². The van der Waals surface area contributed by atoms with Gasteiger partial charge in [0.05, 0.1) is 0 Å². The lowest BCUT2D eigenvalue weighted by Gasteiger charge is -2.25. The van der Waals surface area contributed by atoms with E-state index in [1.807, 2.05) is 25.1 Å². The molecule has 0 aliphatic carbocycles. The molecule has 3 rings (SSSR count). The molecule has 0 bridgehead atoms. The van der Waals surface area contributed by atoms with Crippen LogP contribution < -0.4 is 14.2 Å². The highest BCUT2D eigenvalue weighted by molar-refractivity contribution is 5.85. The number of aromatic nitrogens is 1. The number of pyridine rings is 1. The van der Waals surface area contributed by atoms with Gasteiger partial charge >= 0.3 is 6.55 Å². The van der Waals surface area contributed by atoms with Crippen LogP contribution in [0.25, 0.3) is 11.1 Å². The minimum Gasteiger partial charge on any atom is -0.455 e. The lowest BCUT2D eigenvalue weighted by molar-refractivity contribution is -0.773. The zero-order valence-corrected chi connectivity index (χ0v) is 16.1. The summed E-state index contributed by atoms with van der Waals surface area (Å²) in [7, 11) is 0. The van der Waals surface area contributed by atoms with Crippen LogP contribution in [0.5, 0.6) is 5.75 Å². The van der Waals surface area contributed by atoms with E-state index in [1.54, 1.807) is 0 Å². The maximum absolute atomic E-state index is 12.8. The maximum atomic E-state index is 12.8. The van der Waals surface area contributed by atoms with Gasteiger partial charge in [-0.25, -0.2) is 0 Å². The Morgan fingerprint density at radius 3 is 2.43 bits per heavy atom. The fraction of sp³-hybridized carbons (Fsp3) is 0.273. The highest BCUT2D eigenvalue weighted by Crippen LogP contribution is 2.38. The van der Waals surface area contributed by atoms with Gasteiger partial charge < -0.3 is 9.64 Å². The van der Waals surface area contributed by atoms with Gasteiger partial charge in [-0.1, -0.05) is 0 Å². The monoisotopic (exact) mass is 382 g/mol. The van der Waals surface area contributed by atoms with Crippen LogP contribution in [0.15, 0.2) is 54.6 Å². The molecule has 0 spiro atoms. The Morgan fingerprint density at radius 1 is 1.18 bits per heavy atom. The summed E-state index contributed by atoms with van der Waals surface area (Å²) >= 11 is 0. The van der Waals surface area contributed by atoms with Gasteiger partial charge in [0.15, 0.2) is 12.4 Å². The third-order valence-corrected chi connectivity index (χ3v) is 4.81. The molecule has 1 aliphatic heterocycles. The molecule has 6 heteroatoms. The fourth-order valence-corrected chi connectivity index (χ4v) is 3.25. The van der Waals surface area contributed by atoms with E-state index in [9.17, 15) is 14.0 Å². The van der Waals surface area contributed by atoms with Crippen molar-refractivity contribution >= 4 is 16.8 Å². The Hall–Kier alpha value is -3.20. The van der Waals surface area contributed by atoms with Crippen LogP contribution in [0.4, 0.5) is 14.5 Å². The van der Waals surface area contributed by atoms with Crippen molar-refractivity contribution < 1.29 is 18.1 Å². The lowest BCUT2D eigenvalue weighted by atomic mass is 9.99. The minimum atomic E-state index is -2.62. The molecular formula is C22H22F2N3O+. The second-order valence-corrected chi connectivity index (χ2v) is 6.44. The van der Waals surface area contributed by atoms with Crippen LogP contribution in [0, 0.1) is 11.3 Å². The summed E-state index contributed by atoms with van der Waals surface area (Å²) in [5.41, 5.74) is 3.84. The van der Waals surface area contributed by atoms with E-state index in [0.29, 0.717) is 22.6 Å². The molecule has 0 radical (unpaired) electrons. The molecule has 0 atom stereocenters. The highest BCUT2D eigenvalue weighted by Gasteiger charge is 2.21. The number of anilines is 1. The molecule has 4 nitrogen and oxygen atoms in total. The van der Waals surface area contributed by atoms with Gasteiger partial charge in [0.1, 0.15) is 23.2 Å². The lowest BCUT2D eigenvalue weighted by Crippen LogP contribution is -2.33. The van der Waals surface area contributed by atoms with Crippen molar-refractivity contribution in [3.05, 3.63) is 65.7 Å². The number of nitrogens with zero attached hydrogens (tertiary/aromatic N) is 3. The van der Waals surface area contributed by atoms with Crippen LogP contribution in [0.3, 0.4) is 0 Å². The predicted octanol–water partition coefficient (Wildman–Crippen LogP) is 4.95. The molecule has 0 fully saturated rings. The van der Waals surface area contributed by atoms with Crippen molar-refractivity contribution in [1.82, 2.24) is 0 Å². The van der Waals surface area contributed by atoms with Crippen LogP contribution in [0.1, 0.15) is 38.4 Å². The van der Waals surface area contributed by atoms with Gasteiger partial charge in [-0.15, -0.1) is 13.3 Å². The minimum absolute atomic E-state index is 0.305. The molecule has 1 aliphatic rings. The summed E-state index contributed by atoms with van der Waals surface area (Å²) in [6.07, 6.45) is 4.32. The standard InChI is InChI=1S/C22H22F2N3O/c1-4-26(5-2)17-6-7-18-15(3)12-20(28-21(18)13-17)19(14-25)16-8-10-27(11-9-16)22(23)24/h6-13,22H,4-5H2,1-3H3/q+1. The number of fused-ring (bicyclic) bond motifs is 1. The molecule has 144 valence electrons. The van der Waals surface area contributed by atoms with Crippen molar-refractivity contribution in [3.8, 4) is 11.8 Å². The molecule has 1 aromatic carbocycles. The zero-order valence-electron chi connectivity index (χ0n) is 16.1. The SMILES string of the molecule is CCN(CC)c1ccc2c(c1)O/C(=C(/C#N)c1cc[n+](C(F)F)cc1)C=C2C. The Bertz CT molecular complexity index is 968. The molecule has 28 heavy (non-hydrogen) atoms. The van der Waals surface area contributed by atoms with Crippen molar-refractivity contribution in [1.29, 1.82) is 5.26 Å². The number of nitriles is 1. The van der Waals surface area contributed by atoms with E-state index in [2.05, 4.69) is 30.9 Å². The zero-order chi connectivity index (χ0) is 20.3. The normalized spacial score (nSPS) is 14.7. The summed E-state index contributed by atoms with van der Waals surface area (Å²) in [5.74, 6) is 1.10. The molecule has 0 saturated carbocycles. The summed E-state index contributed by atoms with van der Waals surface area (Å²) in [6, 6.07) is 11.2. The first-order valence-electron chi connectivity index (χ1n) is 9.17. The molecule has 0 saturated heterocycles. The molecule has 0 N–H and O–H groups in total. The number of hydrogen-bond acceptors (Lipinski definition) is 3. The van der Waals surface area contributed by atoms with Gasteiger partial charge in [-0.2, -0.15) is 5.26 Å².